The molecule has 0 bridgehead atoms. The molecule has 0 spiro atoms. The highest BCUT2D eigenvalue weighted by atomic mass is 16.7. The quantitative estimate of drug-likeness (QED) is 0.391. The van der Waals surface area contributed by atoms with E-state index < -0.39 is 67.0 Å². The lowest BCUT2D eigenvalue weighted by Gasteiger charge is -2.45. The zero-order chi connectivity index (χ0) is 28.0. The number of carbonyl (C=O) groups excluding carboxylic acids is 5. The third-order valence-corrected chi connectivity index (χ3v) is 5.59. The van der Waals surface area contributed by atoms with Crippen LogP contribution in [0.4, 0.5) is 0 Å². The van der Waals surface area contributed by atoms with Crippen LogP contribution in [0.3, 0.4) is 0 Å². The maximum atomic E-state index is 12.6. The number of hydrogen-bond acceptors (Lipinski definition) is 11. The van der Waals surface area contributed by atoms with Gasteiger partial charge in [0.05, 0.1) is 7.11 Å². The normalized spacial score (nSPS) is 22.6. The molecular formula is C26H29NO11. The van der Waals surface area contributed by atoms with E-state index in [9.17, 15) is 24.0 Å². The maximum Gasteiger partial charge on any atom is 0.341 e. The van der Waals surface area contributed by atoms with Gasteiger partial charge in [0.1, 0.15) is 30.1 Å². The number of hydrogen-bond donors (Lipinski definition) is 1. The zero-order valence-electron chi connectivity index (χ0n) is 21.5. The van der Waals surface area contributed by atoms with Crippen molar-refractivity contribution in [3.8, 4) is 5.75 Å². The van der Waals surface area contributed by atoms with Crippen molar-refractivity contribution in [3.63, 3.8) is 0 Å². The van der Waals surface area contributed by atoms with Gasteiger partial charge >= 0.3 is 23.9 Å². The van der Waals surface area contributed by atoms with Crippen LogP contribution < -0.4 is 10.1 Å². The molecule has 5 atom stereocenters. The summed E-state index contributed by atoms with van der Waals surface area (Å²) in [5.41, 5.74) is 0.0686. The number of fused-ring (bicyclic) bond motifs is 1. The van der Waals surface area contributed by atoms with Crippen LogP contribution in [0.25, 0.3) is 10.8 Å². The molecule has 0 aromatic heterocycles. The average molecular weight is 532 g/mol. The molecule has 0 saturated carbocycles. The van der Waals surface area contributed by atoms with Crippen molar-refractivity contribution in [2.45, 2.75) is 58.3 Å². The summed E-state index contributed by atoms with van der Waals surface area (Å²) >= 11 is 0. The molecule has 1 amide bonds. The molecule has 3 rings (SSSR count). The van der Waals surface area contributed by atoms with Crippen molar-refractivity contribution in [3.05, 3.63) is 42.0 Å². The fraction of sp³-hybridized carbons (Fsp3) is 0.423. The van der Waals surface area contributed by atoms with Crippen molar-refractivity contribution in [2.24, 2.45) is 0 Å². The van der Waals surface area contributed by atoms with Crippen LogP contribution in [0, 0.1) is 0 Å². The van der Waals surface area contributed by atoms with Gasteiger partial charge in [-0.1, -0.05) is 30.3 Å². The molecule has 0 unspecified atom stereocenters. The Hall–Kier alpha value is -4.19. The molecule has 12 heteroatoms. The summed E-state index contributed by atoms with van der Waals surface area (Å²) in [6.07, 6.45) is -5.15. The first kappa shape index (κ1) is 28.4. The Labute approximate surface area is 218 Å². The maximum absolute atomic E-state index is 12.6. The van der Waals surface area contributed by atoms with E-state index in [0.717, 1.165) is 19.2 Å². The number of rotatable bonds is 8. The second kappa shape index (κ2) is 12.4. The number of carbonyl (C=O) groups is 5. The smallest absolute Gasteiger partial charge is 0.341 e. The van der Waals surface area contributed by atoms with Crippen LogP contribution in [0.1, 0.15) is 38.1 Å². The van der Waals surface area contributed by atoms with Gasteiger partial charge in [-0.05, 0) is 11.5 Å². The highest BCUT2D eigenvalue weighted by Gasteiger charge is 2.52. The lowest BCUT2D eigenvalue weighted by Crippen LogP contribution is -2.67. The number of nitrogens with one attached hydrogen (secondary N) is 1. The van der Waals surface area contributed by atoms with Crippen molar-refractivity contribution >= 4 is 40.6 Å². The largest absolute Gasteiger partial charge is 0.465 e. The van der Waals surface area contributed by atoms with Crippen LogP contribution in [0.2, 0.25) is 0 Å². The molecule has 204 valence electrons. The van der Waals surface area contributed by atoms with E-state index in [4.69, 9.17) is 28.4 Å². The Morgan fingerprint density at radius 2 is 1.53 bits per heavy atom. The first-order valence-corrected chi connectivity index (χ1v) is 11.7. The molecule has 2 aromatic rings. The van der Waals surface area contributed by atoms with E-state index in [1.165, 1.54) is 27.0 Å². The Morgan fingerprint density at radius 3 is 2.13 bits per heavy atom. The SMILES string of the molecule is COC(=O)c1ccc2ccccc2c1O[C@@H]1O[C@H](COC(C)=O)[C@@H](OC(C)=O)[C@H](OC(C)=O)[C@H]1NC(C)=O. The topological polar surface area (TPSA) is 153 Å². The van der Waals surface area contributed by atoms with Gasteiger partial charge in [-0.3, -0.25) is 19.2 Å². The summed E-state index contributed by atoms with van der Waals surface area (Å²) in [5, 5.41) is 3.89. The minimum Gasteiger partial charge on any atom is -0.465 e. The molecule has 0 aliphatic carbocycles. The first-order valence-electron chi connectivity index (χ1n) is 11.7. The predicted octanol–water partition coefficient (Wildman–Crippen LogP) is 1.66. The number of benzene rings is 2. The first-order chi connectivity index (χ1) is 18.0. The van der Waals surface area contributed by atoms with Gasteiger partial charge in [0.25, 0.3) is 0 Å². The van der Waals surface area contributed by atoms with Gasteiger partial charge in [0, 0.05) is 33.1 Å². The van der Waals surface area contributed by atoms with E-state index in [0.29, 0.717) is 5.39 Å². The third kappa shape index (κ3) is 6.76. The molecular weight excluding hydrogens is 502 g/mol. The van der Waals surface area contributed by atoms with Crippen molar-refractivity contribution < 1.29 is 52.4 Å². The Kier molecular flexibility index (Phi) is 9.24. The van der Waals surface area contributed by atoms with Crippen molar-refractivity contribution in [2.75, 3.05) is 13.7 Å². The molecule has 1 saturated heterocycles. The van der Waals surface area contributed by atoms with Gasteiger partial charge in [0.2, 0.25) is 12.2 Å². The summed E-state index contributed by atoms with van der Waals surface area (Å²) in [6.45, 7) is 4.30. The predicted molar refractivity (Wildman–Crippen MR) is 130 cm³/mol. The number of methoxy groups -OCH3 is 1. The molecule has 12 nitrogen and oxygen atoms in total. The molecule has 38 heavy (non-hydrogen) atoms. The van der Waals surface area contributed by atoms with Crippen molar-refractivity contribution in [1.29, 1.82) is 0 Å². The van der Waals surface area contributed by atoms with Crippen LogP contribution in [0.5, 0.6) is 5.75 Å². The standard InChI is InChI=1S/C26H29NO11/c1-13(28)27-21-24(36-16(4)31)23(35-15(3)30)20(12-34-14(2)29)37-26(21)38-22-18-9-7-6-8-17(18)10-11-19(22)25(32)33-5/h6-11,20-21,23-24,26H,12H2,1-5H3,(H,27,28)/t20-,21-,23-,24-,26+/m1/s1. The van der Waals surface area contributed by atoms with E-state index in [2.05, 4.69) is 5.32 Å². The minimum atomic E-state index is -1.40. The Balaban J connectivity index is 2.15. The number of esters is 4. The molecule has 1 aliphatic heterocycles. The summed E-state index contributed by atoms with van der Waals surface area (Å²) in [4.78, 5) is 60.3. The molecule has 1 heterocycles. The second-order valence-corrected chi connectivity index (χ2v) is 8.49. The van der Waals surface area contributed by atoms with E-state index in [-0.39, 0.29) is 11.3 Å². The average Bonchev–Trinajstić information content (AvgIpc) is 2.85. The fourth-order valence-electron chi connectivity index (χ4n) is 4.15. The zero-order valence-corrected chi connectivity index (χ0v) is 21.5. The molecule has 1 aliphatic rings. The molecule has 2 aromatic carbocycles. The van der Waals surface area contributed by atoms with Crippen LogP contribution in [-0.2, 0) is 42.9 Å². The summed E-state index contributed by atoms with van der Waals surface area (Å²) < 4.78 is 33.2. The summed E-state index contributed by atoms with van der Waals surface area (Å²) in [7, 11) is 1.22. The Bertz CT molecular complexity index is 1230. The molecule has 1 N–H and O–H groups in total. The third-order valence-electron chi connectivity index (χ3n) is 5.59. The van der Waals surface area contributed by atoms with Crippen LogP contribution >= 0.6 is 0 Å². The van der Waals surface area contributed by atoms with Crippen LogP contribution in [0.15, 0.2) is 36.4 Å². The lowest BCUT2D eigenvalue weighted by atomic mass is 9.95. The second-order valence-electron chi connectivity index (χ2n) is 8.49. The van der Waals surface area contributed by atoms with Gasteiger partial charge in [-0.15, -0.1) is 0 Å². The van der Waals surface area contributed by atoms with Gasteiger partial charge < -0.3 is 33.7 Å². The van der Waals surface area contributed by atoms with Gasteiger partial charge in [0.15, 0.2) is 12.2 Å². The number of amides is 1. The molecule has 1 fully saturated rings. The van der Waals surface area contributed by atoms with E-state index in [1.54, 1.807) is 30.3 Å². The highest BCUT2D eigenvalue weighted by Crippen LogP contribution is 2.35. The molecule has 0 radical (unpaired) electrons. The van der Waals surface area contributed by atoms with E-state index in [1.807, 2.05) is 0 Å². The van der Waals surface area contributed by atoms with Crippen molar-refractivity contribution in [1.82, 2.24) is 5.32 Å². The number of ether oxygens (including phenoxy) is 6. The fourth-order valence-corrected chi connectivity index (χ4v) is 4.15. The lowest BCUT2D eigenvalue weighted by molar-refractivity contribution is -0.257. The van der Waals surface area contributed by atoms with Crippen LogP contribution in [-0.4, -0.2) is 74.1 Å². The Morgan fingerprint density at radius 1 is 0.868 bits per heavy atom. The summed E-state index contributed by atoms with van der Waals surface area (Å²) in [5.74, 6) is -3.25. The van der Waals surface area contributed by atoms with Gasteiger partial charge in [-0.25, -0.2) is 4.79 Å². The minimum absolute atomic E-state index is 0.0686. The van der Waals surface area contributed by atoms with E-state index >= 15 is 0 Å². The highest BCUT2D eigenvalue weighted by molar-refractivity contribution is 6.01. The monoisotopic (exact) mass is 531 g/mol. The summed E-state index contributed by atoms with van der Waals surface area (Å²) in [6, 6.07) is 9.08. The van der Waals surface area contributed by atoms with Gasteiger partial charge in [-0.2, -0.15) is 0 Å².